The third-order valence-electron chi connectivity index (χ3n) is 4.12. The van der Waals surface area contributed by atoms with Gasteiger partial charge in [-0.1, -0.05) is 43.2 Å². The van der Waals surface area contributed by atoms with Gasteiger partial charge in [0.1, 0.15) is 0 Å². The molecule has 0 unspecified atom stereocenters. The Balaban J connectivity index is 1.74. The maximum absolute atomic E-state index is 11.8. The number of fused-ring (bicyclic) bond motifs is 1. The second-order valence-corrected chi connectivity index (χ2v) is 5.42. The summed E-state index contributed by atoms with van der Waals surface area (Å²) in [6.07, 6.45) is 4.91. The smallest absolute Gasteiger partial charge is 0.234 e. The third kappa shape index (κ3) is 2.41. The number of nitrogens with one attached hydrogen (secondary N) is 1. The quantitative estimate of drug-likeness (QED) is 0.862. The second-order valence-electron chi connectivity index (χ2n) is 5.42. The van der Waals surface area contributed by atoms with Crippen LogP contribution in [0.4, 0.5) is 0 Å². The van der Waals surface area contributed by atoms with Gasteiger partial charge in [-0.05, 0) is 18.4 Å². The monoisotopic (exact) mass is 244 g/mol. The van der Waals surface area contributed by atoms with Crippen LogP contribution in [-0.4, -0.2) is 29.4 Å². The largest absolute Gasteiger partial charge is 0.351 e. The Morgan fingerprint density at radius 3 is 2.78 bits per heavy atom. The molecule has 1 aromatic rings. The summed E-state index contributed by atoms with van der Waals surface area (Å²) in [4.78, 5) is 14.1. The predicted molar refractivity (Wildman–Crippen MR) is 71.0 cm³/mol. The fourth-order valence-electron chi connectivity index (χ4n) is 3.26. The lowest BCUT2D eigenvalue weighted by Crippen LogP contribution is -2.61. The molecule has 3 rings (SSSR count). The maximum atomic E-state index is 11.8. The number of amides is 1. The van der Waals surface area contributed by atoms with Gasteiger partial charge in [-0.3, -0.25) is 9.69 Å². The zero-order valence-electron chi connectivity index (χ0n) is 10.6. The van der Waals surface area contributed by atoms with E-state index in [1.54, 1.807) is 0 Å². The van der Waals surface area contributed by atoms with Crippen molar-refractivity contribution in [2.24, 2.45) is 0 Å². The molecule has 0 radical (unpaired) electrons. The fraction of sp³-hybridized carbons (Fsp3) is 0.533. The van der Waals surface area contributed by atoms with Gasteiger partial charge in [0.2, 0.25) is 5.91 Å². The van der Waals surface area contributed by atoms with Crippen LogP contribution in [0.3, 0.4) is 0 Å². The van der Waals surface area contributed by atoms with Crippen LogP contribution >= 0.6 is 0 Å². The zero-order valence-corrected chi connectivity index (χ0v) is 10.6. The van der Waals surface area contributed by atoms with Gasteiger partial charge >= 0.3 is 0 Å². The molecule has 0 bridgehead atoms. The molecule has 2 atom stereocenters. The van der Waals surface area contributed by atoms with Crippen molar-refractivity contribution >= 4 is 5.91 Å². The Hall–Kier alpha value is -1.35. The van der Waals surface area contributed by atoms with Gasteiger partial charge < -0.3 is 5.32 Å². The van der Waals surface area contributed by atoms with Gasteiger partial charge in [-0.25, -0.2) is 0 Å². The number of piperazine rings is 1. The molecule has 1 N–H and O–H groups in total. The number of benzene rings is 1. The summed E-state index contributed by atoms with van der Waals surface area (Å²) in [5.41, 5.74) is 1.30. The van der Waals surface area contributed by atoms with Crippen LogP contribution < -0.4 is 5.32 Å². The van der Waals surface area contributed by atoms with Crippen LogP contribution in [0.5, 0.6) is 0 Å². The molecule has 2 aliphatic rings. The Labute approximate surface area is 108 Å². The number of rotatable bonds is 2. The van der Waals surface area contributed by atoms with Crippen molar-refractivity contribution in [2.75, 3.05) is 6.54 Å². The summed E-state index contributed by atoms with van der Waals surface area (Å²) in [6, 6.07) is 11.4. The molecule has 1 aromatic carbocycles. The minimum absolute atomic E-state index is 0.189. The van der Waals surface area contributed by atoms with Crippen LogP contribution in [0.1, 0.15) is 31.2 Å². The van der Waals surface area contributed by atoms with Crippen molar-refractivity contribution in [1.82, 2.24) is 10.2 Å². The second kappa shape index (κ2) is 5.11. The molecular weight excluding hydrogens is 224 g/mol. The molecule has 1 aliphatic carbocycles. The molecule has 1 heterocycles. The van der Waals surface area contributed by atoms with E-state index >= 15 is 0 Å². The first kappa shape index (κ1) is 11.7. The number of hydrogen-bond donors (Lipinski definition) is 1. The Morgan fingerprint density at radius 2 is 1.94 bits per heavy atom. The van der Waals surface area contributed by atoms with Crippen molar-refractivity contribution in [3.05, 3.63) is 35.9 Å². The molecule has 3 nitrogen and oxygen atoms in total. The highest BCUT2D eigenvalue weighted by atomic mass is 16.2. The van der Waals surface area contributed by atoms with Gasteiger partial charge in [0.05, 0.1) is 6.54 Å². The minimum Gasteiger partial charge on any atom is -0.351 e. The Kier molecular flexibility index (Phi) is 3.33. The molecule has 2 fully saturated rings. The molecule has 1 aliphatic heterocycles. The molecule has 0 aromatic heterocycles. The summed E-state index contributed by atoms with van der Waals surface area (Å²) < 4.78 is 0. The van der Waals surface area contributed by atoms with Gasteiger partial charge in [0.25, 0.3) is 0 Å². The van der Waals surface area contributed by atoms with E-state index in [1.807, 2.05) is 6.07 Å². The van der Waals surface area contributed by atoms with E-state index in [9.17, 15) is 4.79 Å². The highest BCUT2D eigenvalue weighted by Gasteiger charge is 2.35. The van der Waals surface area contributed by atoms with E-state index in [4.69, 9.17) is 0 Å². The highest BCUT2D eigenvalue weighted by molar-refractivity contribution is 5.79. The molecule has 1 saturated heterocycles. The number of carbonyl (C=O) groups is 1. The number of hydrogen-bond acceptors (Lipinski definition) is 2. The van der Waals surface area contributed by atoms with E-state index in [0.29, 0.717) is 18.6 Å². The van der Waals surface area contributed by atoms with E-state index < -0.39 is 0 Å². The predicted octanol–water partition coefficient (Wildman–Crippen LogP) is 1.93. The summed E-state index contributed by atoms with van der Waals surface area (Å²) in [5, 5.41) is 3.15. The molecule has 3 heteroatoms. The summed E-state index contributed by atoms with van der Waals surface area (Å²) in [5.74, 6) is 0.189. The van der Waals surface area contributed by atoms with Gasteiger partial charge in [0, 0.05) is 18.6 Å². The molecule has 1 amide bonds. The van der Waals surface area contributed by atoms with Gasteiger partial charge in [0.15, 0.2) is 0 Å². The van der Waals surface area contributed by atoms with Crippen molar-refractivity contribution in [3.8, 4) is 0 Å². The van der Waals surface area contributed by atoms with Crippen LogP contribution in [-0.2, 0) is 11.3 Å². The van der Waals surface area contributed by atoms with Crippen LogP contribution in [0, 0.1) is 0 Å². The Bertz CT molecular complexity index is 418. The molecule has 1 saturated carbocycles. The van der Waals surface area contributed by atoms with Gasteiger partial charge in [-0.2, -0.15) is 0 Å². The van der Waals surface area contributed by atoms with Crippen molar-refractivity contribution in [1.29, 1.82) is 0 Å². The Morgan fingerprint density at radius 1 is 1.17 bits per heavy atom. The molecule has 18 heavy (non-hydrogen) atoms. The average Bonchev–Trinajstić information content (AvgIpc) is 2.40. The van der Waals surface area contributed by atoms with E-state index in [2.05, 4.69) is 34.5 Å². The topological polar surface area (TPSA) is 32.3 Å². The average molecular weight is 244 g/mol. The van der Waals surface area contributed by atoms with Crippen LogP contribution in [0.15, 0.2) is 30.3 Å². The van der Waals surface area contributed by atoms with Crippen molar-refractivity contribution in [3.63, 3.8) is 0 Å². The normalized spacial score (nSPS) is 28.6. The number of carbonyl (C=O) groups excluding carboxylic acids is 1. The summed E-state index contributed by atoms with van der Waals surface area (Å²) in [6.45, 7) is 1.45. The van der Waals surface area contributed by atoms with E-state index in [0.717, 1.165) is 13.0 Å². The van der Waals surface area contributed by atoms with E-state index in [-0.39, 0.29) is 5.91 Å². The first-order chi connectivity index (χ1) is 8.83. The lowest BCUT2D eigenvalue weighted by molar-refractivity contribution is -0.128. The van der Waals surface area contributed by atoms with Crippen LogP contribution in [0.2, 0.25) is 0 Å². The fourth-order valence-corrected chi connectivity index (χ4v) is 3.26. The summed E-state index contributed by atoms with van der Waals surface area (Å²) >= 11 is 0. The molecular formula is C15H20N2O. The van der Waals surface area contributed by atoms with Gasteiger partial charge in [-0.15, -0.1) is 0 Å². The molecule has 96 valence electrons. The first-order valence-corrected chi connectivity index (χ1v) is 6.90. The minimum atomic E-state index is 0.189. The van der Waals surface area contributed by atoms with Crippen molar-refractivity contribution in [2.45, 2.75) is 44.3 Å². The van der Waals surface area contributed by atoms with E-state index in [1.165, 1.54) is 24.8 Å². The zero-order chi connectivity index (χ0) is 12.4. The summed E-state index contributed by atoms with van der Waals surface area (Å²) in [7, 11) is 0. The first-order valence-electron chi connectivity index (χ1n) is 6.90. The molecule has 0 spiro atoms. The third-order valence-corrected chi connectivity index (χ3v) is 4.12. The lowest BCUT2D eigenvalue weighted by Gasteiger charge is -2.44. The van der Waals surface area contributed by atoms with Crippen LogP contribution in [0.25, 0.3) is 0 Å². The maximum Gasteiger partial charge on any atom is 0.234 e. The lowest BCUT2D eigenvalue weighted by atomic mass is 9.87. The highest BCUT2D eigenvalue weighted by Crippen LogP contribution is 2.26. The number of nitrogens with zero attached hydrogens (tertiary/aromatic N) is 1. The SMILES string of the molecule is O=C1CN(Cc2ccccc2)[C@H]2CCCC[C@H]2N1. The standard InChI is InChI=1S/C15H20N2O/c18-15-11-17(10-12-6-2-1-3-7-12)14-9-5-4-8-13(14)16-15/h1-3,6-7,13-14H,4-5,8-11H2,(H,16,18)/t13-,14+/m1/s1. The van der Waals surface area contributed by atoms with Crippen molar-refractivity contribution < 1.29 is 4.79 Å².